The molecule has 108 valence electrons. The number of benzene rings is 1. The van der Waals surface area contributed by atoms with Gasteiger partial charge in [-0.05, 0) is 24.6 Å². The Morgan fingerprint density at radius 3 is 2.85 bits per heavy atom. The van der Waals surface area contributed by atoms with E-state index < -0.39 is 12.0 Å². The maximum Gasteiger partial charge on any atom is 0.327 e. The van der Waals surface area contributed by atoms with Crippen LogP contribution < -0.4 is 0 Å². The molecule has 0 spiro atoms. The van der Waals surface area contributed by atoms with Gasteiger partial charge in [0, 0.05) is 10.2 Å². The summed E-state index contributed by atoms with van der Waals surface area (Å²) in [6, 6.07) is 4.19. The molecule has 0 saturated carbocycles. The molecule has 1 aliphatic heterocycles. The highest BCUT2D eigenvalue weighted by molar-refractivity contribution is 9.10. The van der Waals surface area contributed by atoms with Crippen LogP contribution in [0.3, 0.4) is 0 Å². The Labute approximate surface area is 134 Å². The van der Waals surface area contributed by atoms with Crippen LogP contribution in [0.4, 0.5) is 0 Å². The summed E-state index contributed by atoms with van der Waals surface area (Å²) in [4.78, 5) is 25.4. The van der Waals surface area contributed by atoms with Crippen molar-refractivity contribution >= 4 is 51.2 Å². The molecular weight excluding hydrogens is 366 g/mol. The van der Waals surface area contributed by atoms with E-state index in [1.165, 1.54) is 16.7 Å². The fourth-order valence-electron chi connectivity index (χ4n) is 2.14. The van der Waals surface area contributed by atoms with Gasteiger partial charge in [0.05, 0.1) is 16.0 Å². The maximum absolute atomic E-state index is 12.6. The third-order valence-electron chi connectivity index (χ3n) is 3.12. The number of carbonyl (C=O) groups excluding carboxylic acids is 1. The largest absolute Gasteiger partial charge is 0.480 e. The van der Waals surface area contributed by atoms with Crippen LogP contribution in [0, 0.1) is 0 Å². The van der Waals surface area contributed by atoms with Crippen LogP contribution >= 0.6 is 39.3 Å². The van der Waals surface area contributed by atoms with Crippen LogP contribution in [0.25, 0.3) is 0 Å². The van der Waals surface area contributed by atoms with Gasteiger partial charge in [0.15, 0.2) is 0 Å². The SMILES string of the molecule is CCC1SCC(C(=O)O)N1C(=O)c1cc(Br)ccc1Cl. The number of carbonyl (C=O) groups is 2. The number of amides is 1. The highest BCUT2D eigenvalue weighted by Crippen LogP contribution is 2.34. The summed E-state index contributed by atoms with van der Waals surface area (Å²) >= 11 is 10.9. The minimum absolute atomic E-state index is 0.126. The van der Waals surface area contributed by atoms with Gasteiger partial charge >= 0.3 is 5.97 Å². The van der Waals surface area contributed by atoms with Crippen molar-refractivity contribution < 1.29 is 14.7 Å². The molecule has 7 heteroatoms. The third-order valence-corrected chi connectivity index (χ3v) is 5.40. The molecule has 20 heavy (non-hydrogen) atoms. The normalized spacial score (nSPS) is 22.1. The number of nitrogens with zero attached hydrogens (tertiary/aromatic N) is 1. The van der Waals surface area contributed by atoms with E-state index in [1.807, 2.05) is 6.92 Å². The van der Waals surface area contributed by atoms with Crippen molar-refractivity contribution in [2.75, 3.05) is 5.75 Å². The zero-order chi connectivity index (χ0) is 14.9. The minimum atomic E-state index is -0.979. The molecule has 1 aromatic rings. The van der Waals surface area contributed by atoms with Crippen LogP contribution in [-0.4, -0.2) is 39.1 Å². The fourth-order valence-corrected chi connectivity index (χ4v) is 4.05. The monoisotopic (exact) mass is 377 g/mol. The molecule has 0 aliphatic carbocycles. The van der Waals surface area contributed by atoms with Crippen molar-refractivity contribution in [2.45, 2.75) is 24.8 Å². The predicted octanol–water partition coefficient (Wildman–Crippen LogP) is 3.48. The Hall–Kier alpha value is -0.720. The topological polar surface area (TPSA) is 57.6 Å². The molecule has 0 aromatic heterocycles. The van der Waals surface area contributed by atoms with Gasteiger partial charge in [0.1, 0.15) is 6.04 Å². The second kappa shape index (κ2) is 6.37. The first-order valence-corrected chi connectivity index (χ1v) is 8.29. The number of aliphatic carboxylic acids is 1. The van der Waals surface area contributed by atoms with E-state index >= 15 is 0 Å². The van der Waals surface area contributed by atoms with Gasteiger partial charge < -0.3 is 10.0 Å². The van der Waals surface area contributed by atoms with Gasteiger partial charge in [0.2, 0.25) is 0 Å². The van der Waals surface area contributed by atoms with E-state index in [2.05, 4.69) is 15.9 Å². The van der Waals surface area contributed by atoms with Crippen molar-refractivity contribution in [2.24, 2.45) is 0 Å². The average Bonchev–Trinajstić information content (AvgIpc) is 2.84. The average molecular weight is 379 g/mol. The first kappa shape index (κ1) is 15.7. The third kappa shape index (κ3) is 2.97. The van der Waals surface area contributed by atoms with Crippen molar-refractivity contribution in [3.63, 3.8) is 0 Å². The summed E-state index contributed by atoms with van der Waals surface area (Å²) in [5.41, 5.74) is 0.327. The van der Waals surface area contributed by atoms with E-state index in [0.717, 1.165) is 4.47 Å². The van der Waals surface area contributed by atoms with Gasteiger partial charge in [-0.2, -0.15) is 0 Å². The fraction of sp³-hybridized carbons (Fsp3) is 0.385. The number of hydrogen-bond acceptors (Lipinski definition) is 3. The first-order chi connectivity index (χ1) is 9.45. The summed E-state index contributed by atoms with van der Waals surface area (Å²) in [6.07, 6.45) is 0.700. The molecule has 1 saturated heterocycles. The molecule has 2 rings (SSSR count). The van der Waals surface area contributed by atoms with E-state index in [0.29, 0.717) is 22.8 Å². The lowest BCUT2D eigenvalue weighted by Crippen LogP contribution is -2.45. The lowest BCUT2D eigenvalue weighted by Gasteiger charge is -2.27. The van der Waals surface area contributed by atoms with E-state index in [9.17, 15) is 14.7 Å². The van der Waals surface area contributed by atoms with Crippen molar-refractivity contribution in [1.82, 2.24) is 4.90 Å². The molecule has 1 aliphatic rings. The van der Waals surface area contributed by atoms with Crippen molar-refractivity contribution in [1.29, 1.82) is 0 Å². The van der Waals surface area contributed by atoms with Gasteiger partial charge in [-0.3, -0.25) is 4.79 Å². The molecule has 1 amide bonds. The molecule has 4 nitrogen and oxygen atoms in total. The molecule has 1 aromatic carbocycles. The van der Waals surface area contributed by atoms with Gasteiger partial charge in [-0.1, -0.05) is 34.5 Å². The van der Waals surface area contributed by atoms with Crippen molar-refractivity contribution in [3.8, 4) is 0 Å². The Kier molecular flexibility index (Phi) is 4.99. The zero-order valence-corrected chi connectivity index (χ0v) is 13.8. The molecule has 1 heterocycles. The number of thioether (sulfide) groups is 1. The molecule has 2 atom stereocenters. The Balaban J connectivity index is 2.38. The van der Waals surface area contributed by atoms with Crippen LogP contribution in [-0.2, 0) is 4.79 Å². The zero-order valence-electron chi connectivity index (χ0n) is 10.7. The van der Waals surface area contributed by atoms with Gasteiger partial charge in [0.25, 0.3) is 5.91 Å². The number of halogens is 2. The molecule has 0 bridgehead atoms. The lowest BCUT2D eigenvalue weighted by atomic mass is 10.1. The standard InChI is InChI=1S/C13H13BrClNO3S/c1-2-11-16(10(6-20-11)13(18)19)12(17)8-5-7(14)3-4-9(8)15/h3-5,10-11H,2,6H2,1H3,(H,18,19). The number of carboxylic acids is 1. The summed E-state index contributed by atoms with van der Waals surface area (Å²) < 4.78 is 0.733. The molecule has 1 N–H and O–H groups in total. The molecule has 2 unspecified atom stereocenters. The highest BCUT2D eigenvalue weighted by Gasteiger charge is 2.41. The second-order valence-electron chi connectivity index (χ2n) is 4.39. The predicted molar refractivity (Wildman–Crippen MR) is 83.3 cm³/mol. The smallest absolute Gasteiger partial charge is 0.327 e. The Morgan fingerprint density at radius 1 is 1.55 bits per heavy atom. The number of carboxylic acid groups (broad SMARTS) is 1. The molecule has 1 fully saturated rings. The Bertz CT molecular complexity index is 554. The van der Waals surface area contributed by atoms with Gasteiger partial charge in [-0.15, -0.1) is 11.8 Å². The van der Waals surface area contributed by atoms with Crippen LogP contribution in [0.5, 0.6) is 0 Å². The number of rotatable bonds is 3. The van der Waals surface area contributed by atoms with Crippen LogP contribution in [0.2, 0.25) is 5.02 Å². The summed E-state index contributed by atoms with van der Waals surface area (Å²) in [6.45, 7) is 1.94. The summed E-state index contributed by atoms with van der Waals surface area (Å²) in [7, 11) is 0. The van der Waals surface area contributed by atoms with E-state index in [1.54, 1.807) is 18.2 Å². The van der Waals surface area contributed by atoms with E-state index in [4.69, 9.17) is 11.6 Å². The molecular formula is C13H13BrClNO3S. The summed E-state index contributed by atoms with van der Waals surface area (Å²) in [5, 5.41) is 9.47. The second-order valence-corrected chi connectivity index (χ2v) is 6.92. The van der Waals surface area contributed by atoms with Gasteiger partial charge in [-0.25, -0.2) is 4.79 Å². The Morgan fingerprint density at radius 2 is 2.25 bits per heavy atom. The first-order valence-electron chi connectivity index (χ1n) is 6.07. The lowest BCUT2D eigenvalue weighted by molar-refractivity contribution is -0.141. The minimum Gasteiger partial charge on any atom is -0.480 e. The maximum atomic E-state index is 12.6. The summed E-state index contributed by atoms with van der Waals surface area (Å²) in [5.74, 6) is -0.904. The quantitative estimate of drug-likeness (QED) is 0.875. The van der Waals surface area contributed by atoms with Crippen molar-refractivity contribution in [3.05, 3.63) is 33.3 Å². The molecule has 0 radical (unpaired) electrons. The highest BCUT2D eigenvalue weighted by atomic mass is 79.9. The van der Waals surface area contributed by atoms with Crippen LogP contribution in [0.15, 0.2) is 22.7 Å². The van der Waals surface area contributed by atoms with E-state index in [-0.39, 0.29) is 11.3 Å². The number of hydrogen-bond donors (Lipinski definition) is 1. The van der Waals surface area contributed by atoms with Crippen LogP contribution in [0.1, 0.15) is 23.7 Å².